The predicted molar refractivity (Wildman–Crippen MR) is 57.6 cm³/mol. The zero-order chi connectivity index (χ0) is 12.0. The van der Waals surface area contributed by atoms with Crippen molar-refractivity contribution < 1.29 is 10.2 Å². The van der Waals surface area contributed by atoms with E-state index >= 15 is 0 Å². The number of aliphatic hydroxyl groups excluding tert-OH is 2. The van der Waals surface area contributed by atoms with E-state index in [0.29, 0.717) is 6.42 Å². The van der Waals surface area contributed by atoms with Crippen molar-refractivity contribution in [3.8, 4) is 6.07 Å². The highest BCUT2D eigenvalue weighted by Crippen LogP contribution is 2.14. The third-order valence-corrected chi connectivity index (χ3v) is 2.43. The van der Waals surface area contributed by atoms with Gasteiger partial charge in [-0.3, -0.25) is 0 Å². The molecule has 0 bridgehead atoms. The molecule has 16 heavy (non-hydrogen) atoms. The third-order valence-electron chi connectivity index (χ3n) is 2.43. The molecule has 0 radical (unpaired) electrons. The van der Waals surface area contributed by atoms with Gasteiger partial charge in [0.1, 0.15) is 11.8 Å². The van der Waals surface area contributed by atoms with Crippen LogP contribution >= 0.6 is 0 Å². The summed E-state index contributed by atoms with van der Waals surface area (Å²) in [5.41, 5.74) is -0.618. The number of hydrogen-bond acceptors (Lipinski definition) is 6. The number of aromatic nitrogens is 2. The summed E-state index contributed by atoms with van der Waals surface area (Å²) in [6, 6.07) is 3.37. The summed E-state index contributed by atoms with van der Waals surface area (Å²) in [6.07, 6.45) is 1.96. The van der Waals surface area contributed by atoms with Crippen LogP contribution in [-0.4, -0.2) is 38.9 Å². The minimum Gasteiger partial charge on any atom is -0.394 e. The zero-order valence-electron chi connectivity index (χ0n) is 9.01. The van der Waals surface area contributed by atoms with Gasteiger partial charge in [-0.05, 0) is 12.5 Å². The van der Waals surface area contributed by atoms with Crippen LogP contribution < -0.4 is 5.32 Å². The molecule has 6 heteroatoms. The standard InChI is InChI=1S/C10H14N4O2/c1-2-10(6-15,7-16)14-9-12-4-3-8(5-11)13-9/h3-4,15-16H,2,6-7H2,1H3,(H,12,13,14). The fraction of sp³-hybridized carbons (Fsp3) is 0.500. The van der Waals surface area contributed by atoms with Crippen LogP contribution in [0.25, 0.3) is 0 Å². The van der Waals surface area contributed by atoms with Gasteiger partial charge in [0.15, 0.2) is 0 Å². The Morgan fingerprint density at radius 3 is 2.69 bits per heavy atom. The highest BCUT2D eigenvalue weighted by Gasteiger charge is 2.27. The lowest BCUT2D eigenvalue weighted by Crippen LogP contribution is -2.45. The Balaban J connectivity index is 2.90. The normalized spacial score (nSPS) is 10.9. The highest BCUT2D eigenvalue weighted by molar-refractivity contribution is 5.33. The molecule has 1 heterocycles. The van der Waals surface area contributed by atoms with Gasteiger partial charge in [0.05, 0.1) is 18.8 Å². The molecule has 0 saturated heterocycles. The van der Waals surface area contributed by atoms with Crippen LogP contribution in [-0.2, 0) is 0 Å². The summed E-state index contributed by atoms with van der Waals surface area (Å²) in [6.45, 7) is 1.36. The van der Waals surface area contributed by atoms with E-state index in [4.69, 9.17) is 5.26 Å². The van der Waals surface area contributed by atoms with E-state index < -0.39 is 5.54 Å². The van der Waals surface area contributed by atoms with Crippen LogP contribution in [0, 0.1) is 11.3 Å². The van der Waals surface area contributed by atoms with Gasteiger partial charge in [0.25, 0.3) is 0 Å². The highest BCUT2D eigenvalue weighted by atomic mass is 16.3. The van der Waals surface area contributed by atoms with Gasteiger partial charge in [-0.2, -0.15) is 5.26 Å². The molecule has 6 nitrogen and oxygen atoms in total. The zero-order valence-corrected chi connectivity index (χ0v) is 9.01. The molecule has 0 spiro atoms. The average molecular weight is 222 g/mol. The van der Waals surface area contributed by atoms with Gasteiger partial charge in [0, 0.05) is 6.20 Å². The first-order chi connectivity index (χ1) is 7.69. The number of nitrogens with zero attached hydrogens (tertiary/aromatic N) is 3. The van der Waals surface area contributed by atoms with E-state index in [-0.39, 0.29) is 24.9 Å². The van der Waals surface area contributed by atoms with Gasteiger partial charge in [0.2, 0.25) is 5.95 Å². The van der Waals surface area contributed by atoms with Gasteiger partial charge in [-0.25, -0.2) is 9.97 Å². The molecule has 0 amide bonds. The summed E-state index contributed by atoms with van der Waals surface area (Å²) in [5.74, 6) is 0.226. The van der Waals surface area contributed by atoms with Crippen molar-refractivity contribution in [2.24, 2.45) is 0 Å². The van der Waals surface area contributed by atoms with Crippen LogP contribution in [0.15, 0.2) is 12.3 Å². The summed E-state index contributed by atoms with van der Waals surface area (Å²) in [4.78, 5) is 7.83. The van der Waals surface area contributed by atoms with Crippen molar-refractivity contribution in [3.63, 3.8) is 0 Å². The van der Waals surface area contributed by atoms with Crippen molar-refractivity contribution in [3.05, 3.63) is 18.0 Å². The van der Waals surface area contributed by atoms with E-state index in [1.165, 1.54) is 12.3 Å². The fourth-order valence-corrected chi connectivity index (χ4v) is 1.16. The number of rotatable bonds is 5. The first-order valence-corrected chi connectivity index (χ1v) is 4.92. The monoisotopic (exact) mass is 222 g/mol. The maximum Gasteiger partial charge on any atom is 0.224 e. The fourth-order valence-electron chi connectivity index (χ4n) is 1.16. The molecule has 0 saturated carbocycles. The number of nitrogens with one attached hydrogen (secondary N) is 1. The molecule has 3 N–H and O–H groups in total. The molecule has 0 atom stereocenters. The Morgan fingerprint density at radius 2 is 2.19 bits per heavy atom. The summed E-state index contributed by atoms with van der Waals surface area (Å²) in [5, 5.41) is 30.0. The van der Waals surface area contributed by atoms with E-state index in [9.17, 15) is 10.2 Å². The third kappa shape index (κ3) is 2.66. The molecular weight excluding hydrogens is 208 g/mol. The van der Waals surface area contributed by atoms with Crippen molar-refractivity contribution in [2.45, 2.75) is 18.9 Å². The number of anilines is 1. The molecule has 0 unspecified atom stereocenters. The number of nitriles is 1. The molecule has 1 rings (SSSR count). The number of aliphatic hydroxyl groups is 2. The molecule has 1 aromatic rings. The molecule has 0 aromatic carbocycles. The second-order valence-corrected chi connectivity index (χ2v) is 3.45. The lowest BCUT2D eigenvalue weighted by atomic mass is 9.99. The van der Waals surface area contributed by atoms with Crippen molar-refractivity contribution in [1.29, 1.82) is 5.26 Å². The maximum absolute atomic E-state index is 9.22. The van der Waals surface area contributed by atoms with Crippen molar-refractivity contribution in [2.75, 3.05) is 18.5 Å². The van der Waals surface area contributed by atoms with Crippen LogP contribution in [0.2, 0.25) is 0 Å². The molecule has 0 aliphatic rings. The summed E-state index contributed by atoms with van der Waals surface area (Å²) < 4.78 is 0. The Morgan fingerprint density at radius 1 is 1.50 bits per heavy atom. The maximum atomic E-state index is 9.22. The van der Waals surface area contributed by atoms with Crippen LogP contribution in [0.4, 0.5) is 5.95 Å². The molecular formula is C10H14N4O2. The Hall–Kier alpha value is -1.71. The van der Waals surface area contributed by atoms with Gasteiger partial charge >= 0.3 is 0 Å². The predicted octanol–water partition coefficient (Wildman–Crippen LogP) is -0.106. The Kier molecular flexibility index (Phi) is 4.17. The minimum atomic E-state index is -0.853. The smallest absolute Gasteiger partial charge is 0.224 e. The van der Waals surface area contributed by atoms with Crippen molar-refractivity contribution >= 4 is 5.95 Å². The number of hydrogen-bond donors (Lipinski definition) is 3. The molecule has 0 aliphatic heterocycles. The molecule has 0 aliphatic carbocycles. The summed E-state index contributed by atoms with van der Waals surface area (Å²) in [7, 11) is 0. The lowest BCUT2D eigenvalue weighted by Gasteiger charge is -2.29. The van der Waals surface area contributed by atoms with Crippen LogP contribution in [0.1, 0.15) is 19.0 Å². The van der Waals surface area contributed by atoms with E-state index in [2.05, 4.69) is 15.3 Å². The van der Waals surface area contributed by atoms with Gasteiger partial charge in [-0.15, -0.1) is 0 Å². The van der Waals surface area contributed by atoms with Gasteiger partial charge in [-0.1, -0.05) is 6.92 Å². The average Bonchev–Trinajstić information content (AvgIpc) is 2.36. The first-order valence-electron chi connectivity index (χ1n) is 4.92. The van der Waals surface area contributed by atoms with Crippen LogP contribution in [0.3, 0.4) is 0 Å². The van der Waals surface area contributed by atoms with Gasteiger partial charge < -0.3 is 15.5 Å². The second-order valence-electron chi connectivity index (χ2n) is 3.45. The second kappa shape index (κ2) is 5.39. The molecule has 0 fully saturated rings. The van der Waals surface area contributed by atoms with E-state index in [1.54, 1.807) is 0 Å². The Labute approximate surface area is 93.6 Å². The summed E-state index contributed by atoms with van der Waals surface area (Å²) >= 11 is 0. The van der Waals surface area contributed by atoms with E-state index in [0.717, 1.165) is 0 Å². The van der Waals surface area contributed by atoms with Crippen molar-refractivity contribution in [1.82, 2.24) is 9.97 Å². The minimum absolute atomic E-state index is 0.226. The lowest BCUT2D eigenvalue weighted by molar-refractivity contribution is 0.132. The van der Waals surface area contributed by atoms with Crippen LogP contribution in [0.5, 0.6) is 0 Å². The Bertz CT molecular complexity index is 376. The SMILES string of the molecule is CCC(CO)(CO)Nc1nccc(C#N)n1. The quantitative estimate of drug-likeness (QED) is 0.642. The van der Waals surface area contributed by atoms with E-state index in [1.807, 2.05) is 13.0 Å². The first kappa shape index (κ1) is 12.4. The molecule has 1 aromatic heterocycles. The largest absolute Gasteiger partial charge is 0.394 e. The topological polar surface area (TPSA) is 102 Å². The molecule has 86 valence electrons.